The van der Waals surface area contributed by atoms with Crippen molar-refractivity contribution in [2.45, 2.75) is 19.1 Å². The van der Waals surface area contributed by atoms with Crippen molar-refractivity contribution in [3.8, 4) is 5.75 Å². The molecule has 0 bridgehead atoms. The number of alkyl halides is 1. The van der Waals surface area contributed by atoms with Gasteiger partial charge in [0.05, 0.1) is 24.5 Å². The van der Waals surface area contributed by atoms with Crippen molar-refractivity contribution < 1.29 is 27.5 Å². The predicted octanol–water partition coefficient (Wildman–Crippen LogP) is 1.98. The minimum Gasteiger partial charge on any atom is -0.487 e. The van der Waals surface area contributed by atoms with Gasteiger partial charge in [0.2, 0.25) is 11.7 Å². The van der Waals surface area contributed by atoms with Crippen LogP contribution in [0.2, 0.25) is 0 Å². The highest BCUT2D eigenvalue weighted by Gasteiger charge is 2.37. The zero-order valence-corrected chi connectivity index (χ0v) is 13.5. The number of halogens is 2. The summed E-state index contributed by atoms with van der Waals surface area (Å²) in [7, 11) is 0. The lowest BCUT2D eigenvalue weighted by atomic mass is 10.2. The number of fused-ring (bicyclic) bond motifs is 3. The smallest absolute Gasteiger partial charge is 0.294 e. The number of hydrogen-bond acceptors (Lipinski definition) is 4. The summed E-state index contributed by atoms with van der Waals surface area (Å²) >= 11 is 0. The lowest BCUT2D eigenvalue weighted by Crippen LogP contribution is -2.56. The summed E-state index contributed by atoms with van der Waals surface area (Å²) < 4.78 is 37.6. The molecule has 1 aromatic heterocycles. The third-order valence-corrected chi connectivity index (χ3v) is 4.56. The Hall–Kier alpha value is -2.64. The lowest BCUT2D eigenvalue weighted by molar-refractivity contribution is -0.139. The largest absolute Gasteiger partial charge is 0.487 e. The van der Waals surface area contributed by atoms with Crippen LogP contribution in [0, 0.1) is 5.82 Å². The number of ether oxygens (including phenoxy) is 1. The van der Waals surface area contributed by atoms with E-state index in [9.17, 15) is 18.4 Å². The molecule has 0 N–H and O–H groups in total. The van der Waals surface area contributed by atoms with Gasteiger partial charge < -0.3 is 19.0 Å². The van der Waals surface area contributed by atoms with Gasteiger partial charge in [0.1, 0.15) is 30.7 Å². The standard InChI is InChI=1S/C17H16F2N2O4/c1-9-8-24-15-12-4-10(18)2-3-13(12)25-16(15)17(23)21(9)7-14(22)20-5-11(19)6-20/h2-4,9,11H,5-8H2,1H3. The van der Waals surface area contributed by atoms with Crippen LogP contribution in [0.4, 0.5) is 8.78 Å². The molecule has 3 heterocycles. The van der Waals surface area contributed by atoms with Gasteiger partial charge in [0, 0.05) is 0 Å². The molecular formula is C17H16F2N2O4. The van der Waals surface area contributed by atoms with Crippen molar-refractivity contribution in [2.24, 2.45) is 0 Å². The first-order valence-corrected chi connectivity index (χ1v) is 8.01. The van der Waals surface area contributed by atoms with E-state index in [2.05, 4.69) is 0 Å². The highest BCUT2D eigenvalue weighted by atomic mass is 19.1. The number of carbonyl (C=O) groups excluding carboxylic acids is 2. The van der Waals surface area contributed by atoms with Gasteiger partial charge in [-0.3, -0.25) is 9.59 Å². The van der Waals surface area contributed by atoms with Crippen LogP contribution in [0.25, 0.3) is 11.0 Å². The van der Waals surface area contributed by atoms with E-state index in [1.54, 1.807) is 6.92 Å². The minimum atomic E-state index is -0.999. The summed E-state index contributed by atoms with van der Waals surface area (Å²) in [5.74, 6) is -1.14. The molecule has 0 spiro atoms. The first kappa shape index (κ1) is 15.9. The fourth-order valence-corrected chi connectivity index (χ4v) is 3.06. The van der Waals surface area contributed by atoms with Gasteiger partial charge in [-0.1, -0.05) is 0 Å². The molecule has 1 atom stereocenters. The second-order valence-electron chi connectivity index (χ2n) is 6.39. The Morgan fingerprint density at radius 1 is 1.36 bits per heavy atom. The Bertz CT molecular complexity index is 860. The van der Waals surface area contributed by atoms with Gasteiger partial charge in [-0.05, 0) is 25.1 Å². The average molecular weight is 350 g/mol. The van der Waals surface area contributed by atoms with Crippen molar-refractivity contribution in [2.75, 3.05) is 26.2 Å². The van der Waals surface area contributed by atoms with Crippen LogP contribution < -0.4 is 4.74 Å². The molecule has 2 aliphatic heterocycles. The summed E-state index contributed by atoms with van der Waals surface area (Å²) in [6.45, 7) is 1.82. The van der Waals surface area contributed by atoms with E-state index in [-0.39, 0.29) is 49.7 Å². The molecule has 1 unspecified atom stereocenters. The van der Waals surface area contributed by atoms with E-state index in [4.69, 9.17) is 9.15 Å². The average Bonchev–Trinajstić information content (AvgIpc) is 2.86. The van der Waals surface area contributed by atoms with E-state index in [0.717, 1.165) is 0 Å². The van der Waals surface area contributed by atoms with Crippen LogP contribution in [0.3, 0.4) is 0 Å². The monoisotopic (exact) mass is 350 g/mol. The number of hydrogen-bond donors (Lipinski definition) is 0. The van der Waals surface area contributed by atoms with Gasteiger partial charge >= 0.3 is 0 Å². The van der Waals surface area contributed by atoms with Crippen LogP contribution in [0.5, 0.6) is 5.75 Å². The normalized spacial score (nSPS) is 20.9. The van der Waals surface area contributed by atoms with Gasteiger partial charge in [-0.25, -0.2) is 8.78 Å². The summed E-state index contributed by atoms with van der Waals surface area (Å²) in [6, 6.07) is 3.52. The van der Waals surface area contributed by atoms with Gasteiger partial charge in [-0.15, -0.1) is 0 Å². The first-order valence-electron chi connectivity index (χ1n) is 8.01. The number of benzene rings is 1. The Labute approximate surface area is 141 Å². The summed E-state index contributed by atoms with van der Waals surface area (Å²) in [6.07, 6.45) is -0.999. The molecule has 2 aromatic rings. The maximum absolute atomic E-state index is 13.5. The maximum Gasteiger partial charge on any atom is 0.294 e. The molecule has 6 nitrogen and oxygen atoms in total. The second-order valence-corrected chi connectivity index (χ2v) is 6.39. The summed E-state index contributed by atoms with van der Waals surface area (Å²) in [5.41, 5.74) is 0.337. The molecule has 0 saturated carbocycles. The zero-order valence-electron chi connectivity index (χ0n) is 13.5. The van der Waals surface area contributed by atoms with Crippen LogP contribution >= 0.6 is 0 Å². The third-order valence-electron chi connectivity index (χ3n) is 4.56. The maximum atomic E-state index is 13.5. The highest BCUT2D eigenvalue weighted by Crippen LogP contribution is 2.36. The van der Waals surface area contributed by atoms with E-state index in [1.807, 2.05) is 0 Å². The molecule has 0 aliphatic carbocycles. The minimum absolute atomic E-state index is 0.0512. The third kappa shape index (κ3) is 2.61. The van der Waals surface area contributed by atoms with Gasteiger partial charge in [0.15, 0.2) is 5.75 Å². The number of likely N-dealkylation sites (tertiary alicyclic amines) is 1. The topological polar surface area (TPSA) is 63.0 Å². The van der Waals surface area contributed by atoms with Crippen LogP contribution in [0.1, 0.15) is 17.5 Å². The number of carbonyl (C=O) groups is 2. The predicted molar refractivity (Wildman–Crippen MR) is 83.6 cm³/mol. The van der Waals surface area contributed by atoms with Crippen LogP contribution in [0.15, 0.2) is 22.6 Å². The number of amides is 2. The van der Waals surface area contributed by atoms with Crippen molar-refractivity contribution in [1.29, 1.82) is 0 Å². The molecule has 0 radical (unpaired) electrons. The number of furan rings is 1. The van der Waals surface area contributed by atoms with E-state index in [1.165, 1.54) is 28.0 Å². The van der Waals surface area contributed by atoms with E-state index in [0.29, 0.717) is 11.0 Å². The van der Waals surface area contributed by atoms with E-state index < -0.39 is 17.9 Å². The molecule has 2 amide bonds. The lowest BCUT2D eigenvalue weighted by Gasteiger charge is -2.36. The summed E-state index contributed by atoms with van der Waals surface area (Å²) in [4.78, 5) is 27.8. The number of rotatable bonds is 2. The molecule has 132 valence electrons. The van der Waals surface area contributed by atoms with Gasteiger partial charge in [-0.2, -0.15) is 0 Å². The quantitative estimate of drug-likeness (QED) is 0.831. The fourth-order valence-electron chi connectivity index (χ4n) is 3.06. The Morgan fingerprint density at radius 3 is 2.84 bits per heavy atom. The Morgan fingerprint density at radius 2 is 2.12 bits per heavy atom. The molecular weight excluding hydrogens is 334 g/mol. The van der Waals surface area contributed by atoms with Crippen molar-refractivity contribution >= 4 is 22.8 Å². The van der Waals surface area contributed by atoms with Crippen LogP contribution in [-0.2, 0) is 4.79 Å². The van der Waals surface area contributed by atoms with Crippen molar-refractivity contribution in [3.05, 3.63) is 29.8 Å². The molecule has 1 fully saturated rings. The van der Waals surface area contributed by atoms with Crippen molar-refractivity contribution in [1.82, 2.24) is 9.80 Å². The Kier molecular flexibility index (Phi) is 3.63. The summed E-state index contributed by atoms with van der Waals surface area (Å²) in [5, 5.41) is 0.381. The molecule has 2 aliphatic rings. The number of nitrogens with zero attached hydrogens (tertiary/aromatic N) is 2. The molecule has 25 heavy (non-hydrogen) atoms. The molecule has 4 rings (SSSR count). The SMILES string of the molecule is CC1COc2c(oc3ccc(F)cc23)C(=O)N1CC(=O)N1CC(F)C1. The molecule has 1 saturated heterocycles. The second kappa shape index (κ2) is 5.72. The molecule has 1 aromatic carbocycles. The molecule has 8 heteroatoms. The first-order chi connectivity index (χ1) is 11.9. The fraction of sp³-hybridized carbons (Fsp3) is 0.412. The van der Waals surface area contributed by atoms with E-state index >= 15 is 0 Å². The Balaban J connectivity index is 1.64. The van der Waals surface area contributed by atoms with Crippen LogP contribution in [-0.4, -0.2) is 60.1 Å². The highest BCUT2D eigenvalue weighted by molar-refractivity contribution is 6.03. The zero-order chi connectivity index (χ0) is 17.7. The van der Waals surface area contributed by atoms with Gasteiger partial charge in [0.25, 0.3) is 5.91 Å². The van der Waals surface area contributed by atoms with Crippen molar-refractivity contribution in [3.63, 3.8) is 0 Å².